The van der Waals surface area contributed by atoms with Gasteiger partial charge in [-0.15, -0.1) is 0 Å². The van der Waals surface area contributed by atoms with Crippen molar-refractivity contribution in [3.05, 3.63) is 36.7 Å². The molecule has 0 saturated carbocycles. The third kappa shape index (κ3) is 16.4. The van der Waals surface area contributed by atoms with Crippen LogP contribution in [-0.2, 0) is 0 Å². The summed E-state index contributed by atoms with van der Waals surface area (Å²) in [6.45, 7) is 9.52. The number of aliphatic imine (C=N–C) groups is 1. The van der Waals surface area contributed by atoms with Gasteiger partial charge in [0.1, 0.15) is 5.70 Å². The van der Waals surface area contributed by atoms with Gasteiger partial charge in [-0.25, -0.2) is 0 Å². The number of alkyl halides is 3. The molecule has 0 fully saturated rings. The Bertz CT molecular complexity index is 451. The SMILES string of the molecule is C=CC=N/C(=C\CNC(=C)CCCCCCCCCCCCC)C(F)(F)F. The Balaban J connectivity index is 3.73. The van der Waals surface area contributed by atoms with E-state index in [1.807, 2.05) is 0 Å². The van der Waals surface area contributed by atoms with E-state index in [0.717, 1.165) is 37.3 Å². The van der Waals surface area contributed by atoms with Crippen LogP contribution in [0.4, 0.5) is 13.2 Å². The van der Waals surface area contributed by atoms with Crippen molar-refractivity contribution in [3.63, 3.8) is 0 Å². The van der Waals surface area contributed by atoms with E-state index in [-0.39, 0.29) is 6.54 Å². The summed E-state index contributed by atoms with van der Waals surface area (Å²) < 4.78 is 38.3. The second-order valence-corrected chi connectivity index (χ2v) is 6.87. The fourth-order valence-electron chi connectivity index (χ4n) is 2.76. The van der Waals surface area contributed by atoms with Gasteiger partial charge in [0.25, 0.3) is 0 Å². The summed E-state index contributed by atoms with van der Waals surface area (Å²) in [7, 11) is 0. The molecule has 0 spiro atoms. The van der Waals surface area contributed by atoms with Crippen molar-refractivity contribution < 1.29 is 13.2 Å². The number of nitrogens with zero attached hydrogens (tertiary/aromatic N) is 1. The molecular weight excluding hydrogens is 349 g/mol. The van der Waals surface area contributed by atoms with Gasteiger partial charge in [-0.1, -0.05) is 90.4 Å². The minimum atomic E-state index is -4.46. The Morgan fingerprint density at radius 1 is 0.926 bits per heavy atom. The molecule has 0 aliphatic rings. The van der Waals surface area contributed by atoms with E-state index in [2.05, 4.69) is 30.4 Å². The number of hydrogen-bond acceptors (Lipinski definition) is 2. The lowest BCUT2D eigenvalue weighted by molar-refractivity contribution is -0.0924. The van der Waals surface area contributed by atoms with Crippen LogP contribution in [0, 0.1) is 0 Å². The number of allylic oxidation sites excluding steroid dienone is 3. The molecule has 5 heteroatoms. The zero-order chi connectivity index (χ0) is 20.4. The lowest BCUT2D eigenvalue weighted by atomic mass is 10.0. The van der Waals surface area contributed by atoms with Crippen molar-refractivity contribution in [2.45, 2.75) is 90.1 Å². The molecule has 0 heterocycles. The molecule has 0 rings (SSSR count). The van der Waals surface area contributed by atoms with Crippen LogP contribution >= 0.6 is 0 Å². The van der Waals surface area contributed by atoms with Crippen LogP contribution in [0.15, 0.2) is 41.7 Å². The summed E-state index contributed by atoms with van der Waals surface area (Å²) in [5.41, 5.74) is -0.145. The third-order valence-electron chi connectivity index (χ3n) is 4.34. The molecule has 0 radical (unpaired) electrons. The van der Waals surface area contributed by atoms with E-state index in [9.17, 15) is 13.2 Å². The first-order chi connectivity index (χ1) is 12.9. The van der Waals surface area contributed by atoms with Crippen molar-refractivity contribution >= 4 is 6.21 Å². The molecule has 0 aliphatic heterocycles. The highest BCUT2D eigenvalue weighted by Gasteiger charge is 2.33. The van der Waals surface area contributed by atoms with Crippen molar-refractivity contribution in [1.82, 2.24) is 5.32 Å². The van der Waals surface area contributed by atoms with Crippen LogP contribution in [0.1, 0.15) is 84.0 Å². The number of nitrogens with one attached hydrogen (secondary N) is 1. The lowest BCUT2D eigenvalue weighted by Gasteiger charge is -2.10. The molecule has 0 atom stereocenters. The van der Waals surface area contributed by atoms with E-state index in [0.29, 0.717) is 0 Å². The third-order valence-corrected chi connectivity index (χ3v) is 4.34. The van der Waals surface area contributed by atoms with Gasteiger partial charge in [0.2, 0.25) is 0 Å². The molecule has 0 saturated heterocycles. The highest BCUT2D eigenvalue weighted by molar-refractivity contribution is 5.71. The van der Waals surface area contributed by atoms with Crippen LogP contribution in [0.2, 0.25) is 0 Å². The van der Waals surface area contributed by atoms with Crippen molar-refractivity contribution in [1.29, 1.82) is 0 Å². The second-order valence-electron chi connectivity index (χ2n) is 6.87. The highest BCUT2D eigenvalue weighted by atomic mass is 19.4. The largest absolute Gasteiger partial charge is 0.433 e. The number of halogens is 3. The Morgan fingerprint density at radius 3 is 1.93 bits per heavy atom. The van der Waals surface area contributed by atoms with Gasteiger partial charge in [0, 0.05) is 18.5 Å². The molecule has 1 N–H and O–H groups in total. The van der Waals surface area contributed by atoms with Crippen molar-refractivity contribution in [3.8, 4) is 0 Å². The molecule has 2 nitrogen and oxygen atoms in total. The minimum absolute atomic E-state index is 0.0696. The maximum atomic E-state index is 12.8. The maximum Gasteiger partial charge on any atom is 0.433 e. The Kier molecular flexibility index (Phi) is 15.7. The van der Waals surface area contributed by atoms with Gasteiger partial charge in [0.15, 0.2) is 0 Å². The summed E-state index contributed by atoms with van der Waals surface area (Å²) in [6, 6.07) is 0. The number of unbranched alkanes of at least 4 members (excludes halogenated alkanes) is 10. The summed E-state index contributed by atoms with van der Waals surface area (Å²) >= 11 is 0. The molecule has 0 bridgehead atoms. The standard InChI is InChI=1S/C22H37F3N2/c1-4-6-7-8-9-10-11-12-13-14-15-16-20(3)26-19-17-21(22(23,24)25)27-18-5-2/h5,17-18,26H,2-4,6-16,19H2,1H3/b21-17-,27-18?. The number of hydrogen-bond donors (Lipinski definition) is 1. The smallest absolute Gasteiger partial charge is 0.385 e. The average Bonchev–Trinajstić information content (AvgIpc) is 2.61. The van der Waals surface area contributed by atoms with E-state index >= 15 is 0 Å². The molecule has 0 amide bonds. The number of rotatable bonds is 17. The first-order valence-corrected chi connectivity index (χ1v) is 10.3. The topological polar surface area (TPSA) is 24.4 Å². The van der Waals surface area contributed by atoms with Crippen molar-refractivity contribution in [2.24, 2.45) is 4.99 Å². The molecule has 0 unspecified atom stereocenters. The summed E-state index contributed by atoms with van der Waals surface area (Å²) in [5.74, 6) is 0. The van der Waals surface area contributed by atoms with Gasteiger partial charge >= 0.3 is 6.18 Å². The molecule has 0 aromatic carbocycles. The second kappa shape index (κ2) is 16.6. The first-order valence-electron chi connectivity index (χ1n) is 10.3. The predicted molar refractivity (Wildman–Crippen MR) is 111 cm³/mol. The van der Waals surface area contributed by atoms with Crippen LogP contribution in [0.5, 0.6) is 0 Å². The fourth-order valence-corrected chi connectivity index (χ4v) is 2.76. The Morgan fingerprint density at radius 2 is 1.44 bits per heavy atom. The molecule has 0 aliphatic carbocycles. The summed E-state index contributed by atoms with van der Waals surface area (Å²) in [5, 5.41) is 2.93. The summed E-state index contributed by atoms with van der Waals surface area (Å²) in [6.07, 6.45) is 13.7. The zero-order valence-electron chi connectivity index (χ0n) is 16.9. The molecule has 0 aromatic rings. The van der Waals surface area contributed by atoms with Crippen molar-refractivity contribution in [2.75, 3.05) is 6.54 Å². The quantitative estimate of drug-likeness (QED) is 0.203. The summed E-state index contributed by atoms with van der Waals surface area (Å²) in [4.78, 5) is 3.37. The molecule has 27 heavy (non-hydrogen) atoms. The fraction of sp³-hybridized carbons (Fsp3) is 0.682. The van der Waals surface area contributed by atoms with Crippen LogP contribution in [0.25, 0.3) is 0 Å². The normalized spacial score (nSPS) is 12.5. The van der Waals surface area contributed by atoms with Gasteiger partial charge in [0.05, 0.1) is 0 Å². The van der Waals surface area contributed by atoms with Gasteiger partial charge < -0.3 is 5.32 Å². The van der Waals surface area contributed by atoms with E-state index in [1.54, 1.807) is 0 Å². The molecular formula is C22H37F3N2. The Labute approximate surface area is 163 Å². The van der Waals surface area contributed by atoms with Gasteiger partial charge in [-0.05, 0) is 18.9 Å². The average molecular weight is 387 g/mol. The van der Waals surface area contributed by atoms with Gasteiger partial charge in [-0.2, -0.15) is 13.2 Å². The monoisotopic (exact) mass is 386 g/mol. The molecule has 156 valence electrons. The predicted octanol–water partition coefficient (Wildman–Crippen LogP) is 7.49. The first kappa shape index (κ1) is 25.5. The van der Waals surface area contributed by atoms with Crippen LogP contribution in [-0.4, -0.2) is 18.9 Å². The van der Waals surface area contributed by atoms with Crippen LogP contribution < -0.4 is 5.32 Å². The van der Waals surface area contributed by atoms with E-state index < -0.39 is 11.9 Å². The van der Waals surface area contributed by atoms with E-state index in [1.165, 1.54) is 63.9 Å². The maximum absolute atomic E-state index is 12.8. The minimum Gasteiger partial charge on any atom is -0.385 e. The van der Waals surface area contributed by atoms with E-state index in [4.69, 9.17) is 0 Å². The highest BCUT2D eigenvalue weighted by Crippen LogP contribution is 2.26. The lowest BCUT2D eigenvalue weighted by Crippen LogP contribution is -2.16. The van der Waals surface area contributed by atoms with Crippen LogP contribution in [0.3, 0.4) is 0 Å². The zero-order valence-corrected chi connectivity index (χ0v) is 16.9. The van der Waals surface area contributed by atoms with Gasteiger partial charge in [-0.3, -0.25) is 4.99 Å². The Hall–Kier alpha value is -1.52. The molecule has 0 aromatic heterocycles.